The zero-order valence-corrected chi connectivity index (χ0v) is 17.3. The van der Waals surface area contributed by atoms with Crippen LogP contribution in [0.3, 0.4) is 0 Å². The highest BCUT2D eigenvalue weighted by molar-refractivity contribution is 6.00. The lowest BCUT2D eigenvalue weighted by atomic mass is 10.0. The fraction of sp³-hybridized carbons (Fsp3) is 0.348. The third-order valence-corrected chi connectivity index (χ3v) is 5.17. The topological polar surface area (TPSA) is 87.7 Å². The van der Waals surface area contributed by atoms with Crippen molar-refractivity contribution in [2.75, 3.05) is 25.5 Å². The Morgan fingerprint density at radius 1 is 1.10 bits per heavy atom. The molecule has 0 aromatic heterocycles. The second kappa shape index (κ2) is 9.91. The van der Waals surface area contributed by atoms with Crippen molar-refractivity contribution in [2.45, 2.75) is 32.2 Å². The second-order valence-corrected chi connectivity index (χ2v) is 7.24. The van der Waals surface area contributed by atoms with Crippen molar-refractivity contribution in [3.8, 4) is 16.9 Å². The smallest absolute Gasteiger partial charge is 0.247 e. The summed E-state index contributed by atoms with van der Waals surface area (Å²) in [4.78, 5) is 38.1. The van der Waals surface area contributed by atoms with Crippen LogP contribution in [-0.4, -0.2) is 48.9 Å². The Bertz CT molecular complexity index is 911. The van der Waals surface area contributed by atoms with Gasteiger partial charge >= 0.3 is 0 Å². The molecule has 0 radical (unpaired) electrons. The molecule has 1 atom stereocenters. The van der Waals surface area contributed by atoms with Crippen LogP contribution in [0.5, 0.6) is 5.75 Å². The number of rotatable bonds is 7. The van der Waals surface area contributed by atoms with E-state index >= 15 is 0 Å². The monoisotopic (exact) mass is 409 g/mol. The minimum atomic E-state index is -0.501. The van der Waals surface area contributed by atoms with Gasteiger partial charge in [0.1, 0.15) is 11.8 Å². The van der Waals surface area contributed by atoms with E-state index in [0.717, 1.165) is 23.3 Å². The van der Waals surface area contributed by atoms with E-state index in [-0.39, 0.29) is 30.7 Å². The van der Waals surface area contributed by atoms with Gasteiger partial charge in [-0.25, -0.2) is 0 Å². The molecule has 2 N–H and O–H groups in total. The fourth-order valence-electron chi connectivity index (χ4n) is 3.66. The summed E-state index contributed by atoms with van der Waals surface area (Å²) < 4.78 is 5.21. The van der Waals surface area contributed by atoms with Gasteiger partial charge in [0.15, 0.2) is 0 Å². The zero-order chi connectivity index (χ0) is 21.5. The molecule has 0 aliphatic carbocycles. The van der Waals surface area contributed by atoms with Crippen LogP contribution in [0.15, 0.2) is 48.5 Å². The Morgan fingerprint density at radius 2 is 1.83 bits per heavy atom. The summed E-state index contributed by atoms with van der Waals surface area (Å²) >= 11 is 0. The van der Waals surface area contributed by atoms with E-state index in [1.54, 1.807) is 12.0 Å². The number of para-hydroxylation sites is 1. The molecule has 1 saturated heterocycles. The van der Waals surface area contributed by atoms with Crippen LogP contribution in [-0.2, 0) is 14.4 Å². The Hall–Kier alpha value is -3.35. The molecule has 3 amide bonds. The van der Waals surface area contributed by atoms with Crippen molar-refractivity contribution in [3.63, 3.8) is 0 Å². The van der Waals surface area contributed by atoms with Crippen molar-refractivity contribution in [1.82, 2.24) is 10.2 Å². The number of carbonyl (C=O) groups excluding carboxylic acids is 3. The fourth-order valence-corrected chi connectivity index (χ4v) is 3.66. The van der Waals surface area contributed by atoms with Crippen LogP contribution in [0.4, 0.5) is 5.69 Å². The van der Waals surface area contributed by atoms with Crippen LogP contribution in [0.25, 0.3) is 11.1 Å². The Morgan fingerprint density at radius 3 is 2.53 bits per heavy atom. The number of benzene rings is 2. The first kappa shape index (κ1) is 21.4. The SMILES string of the molecule is COc1ccc(-c2ccccc2NC(=O)[C@@H]2CCCN2C(=O)CCNC(C)=O)cc1. The van der Waals surface area contributed by atoms with Gasteiger partial charge in [0.05, 0.1) is 7.11 Å². The third kappa shape index (κ3) is 5.17. The van der Waals surface area contributed by atoms with E-state index in [0.29, 0.717) is 18.7 Å². The average molecular weight is 409 g/mol. The number of nitrogens with zero attached hydrogens (tertiary/aromatic N) is 1. The predicted molar refractivity (Wildman–Crippen MR) is 115 cm³/mol. The van der Waals surface area contributed by atoms with E-state index in [1.807, 2.05) is 48.5 Å². The summed E-state index contributed by atoms with van der Waals surface area (Å²) in [5.41, 5.74) is 2.56. The normalized spacial score (nSPS) is 15.5. The number of likely N-dealkylation sites (tertiary alicyclic amines) is 1. The number of hydrogen-bond donors (Lipinski definition) is 2. The molecule has 1 fully saturated rings. The number of amides is 3. The minimum Gasteiger partial charge on any atom is -0.497 e. The molecule has 7 heteroatoms. The Kier molecular flexibility index (Phi) is 7.06. The quantitative estimate of drug-likeness (QED) is 0.736. The number of hydrogen-bond acceptors (Lipinski definition) is 4. The van der Waals surface area contributed by atoms with Gasteiger partial charge in [0.25, 0.3) is 0 Å². The Labute approximate surface area is 176 Å². The lowest BCUT2D eigenvalue weighted by Gasteiger charge is -2.24. The van der Waals surface area contributed by atoms with Crippen LogP contribution in [0.2, 0.25) is 0 Å². The first-order valence-electron chi connectivity index (χ1n) is 10.1. The first-order chi connectivity index (χ1) is 14.5. The molecule has 0 saturated carbocycles. The largest absolute Gasteiger partial charge is 0.497 e. The number of anilines is 1. The van der Waals surface area contributed by atoms with E-state index in [4.69, 9.17) is 4.74 Å². The summed E-state index contributed by atoms with van der Waals surface area (Å²) in [5, 5.41) is 5.63. The highest BCUT2D eigenvalue weighted by atomic mass is 16.5. The van der Waals surface area contributed by atoms with Gasteiger partial charge in [-0.1, -0.05) is 30.3 Å². The number of nitrogens with one attached hydrogen (secondary N) is 2. The molecular weight excluding hydrogens is 382 g/mol. The van der Waals surface area contributed by atoms with Crippen LogP contribution >= 0.6 is 0 Å². The minimum absolute atomic E-state index is 0.121. The van der Waals surface area contributed by atoms with Gasteiger partial charge in [-0.2, -0.15) is 0 Å². The van der Waals surface area contributed by atoms with Gasteiger partial charge in [0.2, 0.25) is 17.7 Å². The van der Waals surface area contributed by atoms with Crippen LogP contribution in [0, 0.1) is 0 Å². The van der Waals surface area contributed by atoms with Crippen molar-refractivity contribution < 1.29 is 19.1 Å². The maximum Gasteiger partial charge on any atom is 0.247 e. The molecule has 2 aromatic rings. The van der Waals surface area contributed by atoms with E-state index in [1.165, 1.54) is 6.92 Å². The second-order valence-electron chi connectivity index (χ2n) is 7.24. The molecule has 7 nitrogen and oxygen atoms in total. The lowest BCUT2D eigenvalue weighted by Crippen LogP contribution is -2.44. The van der Waals surface area contributed by atoms with Crippen molar-refractivity contribution in [3.05, 3.63) is 48.5 Å². The molecule has 0 unspecified atom stereocenters. The standard InChI is InChI=1S/C23H27N3O4/c1-16(27)24-14-13-22(28)26-15-5-8-21(26)23(29)25-20-7-4-3-6-19(20)17-9-11-18(30-2)12-10-17/h3-4,6-7,9-12,21H,5,8,13-15H2,1-2H3,(H,24,27)(H,25,29)/t21-/m0/s1. The van der Waals surface area contributed by atoms with Gasteiger partial charge in [-0.05, 0) is 36.6 Å². The predicted octanol–water partition coefficient (Wildman–Crippen LogP) is 2.82. The summed E-state index contributed by atoms with van der Waals surface area (Å²) in [6.45, 7) is 2.24. The van der Waals surface area contributed by atoms with E-state index in [9.17, 15) is 14.4 Å². The molecular formula is C23H27N3O4. The molecule has 158 valence electrons. The van der Waals surface area contributed by atoms with Crippen LogP contribution in [0.1, 0.15) is 26.2 Å². The molecule has 1 heterocycles. The lowest BCUT2D eigenvalue weighted by molar-refractivity contribution is -0.136. The summed E-state index contributed by atoms with van der Waals surface area (Å²) in [7, 11) is 1.62. The average Bonchev–Trinajstić information content (AvgIpc) is 3.24. The molecule has 1 aliphatic rings. The first-order valence-corrected chi connectivity index (χ1v) is 10.1. The Balaban J connectivity index is 1.70. The highest BCUT2D eigenvalue weighted by Crippen LogP contribution is 2.30. The van der Waals surface area contributed by atoms with Crippen molar-refractivity contribution in [2.24, 2.45) is 0 Å². The maximum absolute atomic E-state index is 13.0. The number of carbonyl (C=O) groups is 3. The van der Waals surface area contributed by atoms with Gasteiger partial charge in [-0.3, -0.25) is 14.4 Å². The summed E-state index contributed by atoms with van der Waals surface area (Å²) in [5.74, 6) is 0.277. The molecule has 0 bridgehead atoms. The summed E-state index contributed by atoms with van der Waals surface area (Å²) in [6, 6.07) is 14.7. The van der Waals surface area contributed by atoms with E-state index < -0.39 is 6.04 Å². The van der Waals surface area contributed by atoms with Gasteiger partial charge in [0, 0.05) is 37.7 Å². The van der Waals surface area contributed by atoms with Crippen molar-refractivity contribution in [1.29, 1.82) is 0 Å². The molecule has 3 rings (SSSR count). The van der Waals surface area contributed by atoms with Gasteiger partial charge < -0.3 is 20.3 Å². The van der Waals surface area contributed by atoms with Gasteiger partial charge in [-0.15, -0.1) is 0 Å². The highest BCUT2D eigenvalue weighted by Gasteiger charge is 2.34. The molecule has 30 heavy (non-hydrogen) atoms. The van der Waals surface area contributed by atoms with Crippen LogP contribution < -0.4 is 15.4 Å². The summed E-state index contributed by atoms with van der Waals surface area (Å²) in [6.07, 6.45) is 1.60. The molecule has 1 aliphatic heterocycles. The van der Waals surface area contributed by atoms with E-state index in [2.05, 4.69) is 10.6 Å². The molecule has 0 spiro atoms. The number of ether oxygens (including phenoxy) is 1. The zero-order valence-electron chi connectivity index (χ0n) is 17.3. The van der Waals surface area contributed by atoms with Crippen molar-refractivity contribution >= 4 is 23.4 Å². The maximum atomic E-state index is 13.0. The third-order valence-electron chi connectivity index (χ3n) is 5.17. The number of methoxy groups -OCH3 is 1. The molecule has 2 aromatic carbocycles.